The van der Waals surface area contributed by atoms with E-state index in [1.165, 1.54) is 0 Å². The lowest BCUT2D eigenvalue weighted by Gasteiger charge is -2.10. The molecule has 2 rings (SSSR count). The minimum absolute atomic E-state index is 0.338. The molecule has 1 fully saturated rings. The Kier molecular flexibility index (Phi) is 5.87. The number of esters is 1. The first-order valence-corrected chi connectivity index (χ1v) is 7.51. The van der Waals surface area contributed by atoms with Crippen LogP contribution in [0.5, 0.6) is 5.75 Å². The molecule has 1 saturated heterocycles. The van der Waals surface area contributed by atoms with Crippen LogP contribution in [0.25, 0.3) is 0 Å². The Morgan fingerprint density at radius 1 is 1.48 bits per heavy atom. The van der Waals surface area contributed by atoms with E-state index >= 15 is 0 Å². The smallest absolute Gasteiger partial charge is 0.338 e. The molecule has 0 radical (unpaired) electrons. The van der Waals surface area contributed by atoms with Gasteiger partial charge in [0.1, 0.15) is 5.75 Å². The van der Waals surface area contributed by atoms with Crippen molar-refractivity contribution < 1.29 is 19.0 Å². The lowest BCUT2D eigenvalue weighted by atomic mass is 10.1. The SMILES string of the molecule is CCOc1ccc(C(=O)OCCCC2CCCO2)cc1N. The highest BCUT2D eigenvalue weighted by Gasteiger charge is 2.15. The van der Waals surface area contributed by atoms with Crippen molar-refractivity contribution in [1.82, 2.24) is 0 Å². The van der Waals surface area contributed by atoms with Gasteiger partial charge >= 0.3 is 5.97 Å². The zero-order valence-electron chi connectivity index (χ0n) is 12.5. The number of hydrogen-bond acceptors (Lipinski definition) is 5. The Labute approximate surface area is 125 Å². The molecule has 2 N–H and O–H groups in total. The normalized spacial score (nSPS) is 17.7. The van der Waals surface area contributed by atoms with Gasteiger partial charge < -0.3 is 19.9 Å². The molecule has 1 aromatic carbocycles. The van der Waals surface area contributed by atoms with Crippen LogP contribution in [0.3, 0.4) is 0 Å². The van der Waals surface area contributed by atoms with Crippen molar-refractivity contribution in [2.45, 2.75) is 38.7 Å². The first kappa shape index (κ1) is 15.6. The van der Waals surface area contributed by atoms with Crippen molar-refractivity contribution in [2.75, 3.05) is 25.6 Å². The van der Waals surface area contributed by atoms with Crippen LogP contribution in [0, 0.1) is 0 Å². The molecule has 21 heavy (non-hydrogen) atoms. The number of carbonyl (C=O) groups excluding carboxylic acids is 1. The summed E-state index contributed by atoms with van der Waals surface area (Å²) in [6, 6.07) is 4.96. The van der Waals surface area contributed by atoms with E-state index in [0.717, 1.165) is 32.3 Å². The van der Waals surface area contributed by atoms with E-state index in [1.54, 1.807) is 18.2 Å². The molecule has 1 atom stereocenters. The summed E-state index contributed by atoms with van der Waals surface area (Å²) in [5.41, 5.74) is 6.74. The average Bonchev–Trinajstić information content (AvgIpc) is 2.99. The van der Waals surface area contributed by atoms with E-state index in [-0.39, 0.29) is 5.97 Å². The predicted octanol–water partition coefficient (Wildman–Crippen LogP) is 2.78. The number of ether oxygens (including phenoxy) is 3. The summed E-state index contributed by atoms with van der Waals surface area (Å²) < 4.78 is 16.1. The fourth-order valence-corrected chi connectivity index (χ4v) is 2.39. The zero-order valence-corrected chi connectivity index (χ0v) is 12.5. The Balaban J connectivity index is 1.75. The van der Waals surface area contributed by atoms with Crippen LogP contribution in [0.15, 0.2) is 18.2 Å². The Morgan fingerprint density at radius 2 is 2.33 bits per heavy atom. The van der Waals surface area contributed by atoms with Crippen molar-refractivity contribution >= 4 is 11.7 Å². The highest BCUT2D eigenvalue weighted by Crippen LogP contribution is 2.23. The van der Waals surface area contributed by atoms with E-state index in [1.807, 2.05) is 6.92 Å². The van der Waals surface area contributed by atoms with Crippen molar-refractivity contribution in [3.63, 3.8) is 0 Å². The van der Waals surface area contributed by atoms with E-state index < -0.39 is 0 Å². The van der Waals surface area contributed by atoms with E-state index in [9.17, 15) is 4.79 Å². The molecule has 1 aliphatic rings. The maximum Gasteiger partial charge on any atom is 0.338 e. The third-order valence-electron chi connectivity index (χ3n) is 3.47. The summed E-state index contributed by atoms with van der Waals surface area (Å²) in [7, 11) is 0. The molecule has 1 aliphatic heterocycles. The zero-order chi connectivity index (χ0) is 15.1. The van der Waals surface area contributed by atoms with Crippen molar-refractivity contribution in [2.24, 2.45) is 0 Å². The molecule has 0 bridgehead atoms. The summed E-state index contributed by atoms with van der Waals surface area (Å²) in [5.74, 6) is 0.240. The summed E-state index contributed by atoms with van der Waals surface area (Å²) in [4.78, 5) is 11.9. The number of rotatable bonds is 7. The van der Waals surface area contributed by atoms with Crippen LogP contribution < -0.4 is 10.5 Å². The van der Waals surface area contributed by atoms with Gasteiger partial charge in [-0.15, -0.1) is 0 Å². The standard InChI is InChI=1S/C16H23NO4/c1-2-19-15-8-7-12(11-14(15)17)16(18)21-10-4-6-13-5-3-9-20-13/h7-8,11,13H,2-6,9-10,17H2,1H3. The molecule has 1 heterocycles. The Hall–Kier alpha value is -1.75. The second-order valence-electron chi connectivity index (χ2n) is 5.10. The fraction of sp³-hybridized carbons (Fsp3) is 0.562. The Morgan fingerprint density at radius 3 is 3.00 bits per heavy atom. The molecular weight excluding hydrogens is 270 g/mol. The number of anilines is 1. The second-order valence-corrected chi connectivity index (χ2v) is 5.10. The van der Waals surface area contributed by atoms with Gasteiger partial charge in [0.25, 0.3) is 0 Å². The van der Waals surface area contributed by atoms with Gasteiger partial charge in [-0.2, -0.15) is 0 Å². The number of carbonyl (C=O) groups is 1. The van der Waals surface area contributed by atoms with Crippen molar-refractivity contribution in [1.29, 1.82) is 0 Å². The third kappa shape index (κ3) is 4.63. The van der Waals surface area contributed by atoms with Gasteiger partial charge in [0, 0.05) is 6.61 Å². The lowest BCUT2D eigenvalue weighted by molar-refractivity contribution is 0.0461. The van der Waals surface area contributed by atoms with Gasteiger partial charge in [-0.05, 0) is 50.8 Å². The van der Waals surface area contributed by atoms with Crippen molar-refractivity contribution in [3.8, 4) is 5.75 Å². The van der Waals surface area contributed by atoms with Gasteiger partial charge in [0.15, 0.2) is 0 Å². The molecule has 0 aliphatic carbocycles. The quantitative estimate of drug-likeness (QED) is 0.475. The van der Waals surface area contributed by atoms with Gasteiger partial charge in [0.05, 0.1) is 30.6 Å². The molecule has 116 valence electrons. The maximum atomic E-state index is 11.9. The second kappa shape index (κ2) is 7.88. The van der Waals surface area contributed by atoms with Gasteiger partial charge in [-0.3, -0.25) is 0 Å². The molecule has 0 spiro atoms. The summed E-state index contributed by atoms with van der Waals surface area (Å²) >= 11 is 0. The van der Waals surface area contributed by atoms with Gasteiger partial charge in [-0.25, -0.2) is 4.79 Å². The number of nitrogens with two attached hydrogens (primary N) is 1. The molecule has 1 unspecified atom stereocenters. The van der Waals surface area contributed by atoms with Crippen molar-refractivity contribution in [3.05, 3.63) is 23.8 Å². The maximum absolute atomic E-state index is 11.9. The topological polar surface area (TPSA) is 70.8 Å². The van der Waals surface area contributed by atoms with E-state index in [4.69, 9.17) is 19.9 Å². The molecule has 0 saturated carbocycles. The first-order valence-electron chi connectivity index (χ1n) is 7.51. The van der Waals surface area contributed by atoms with Crippen LogP contribution in [-0.2, 0) is 9.47 Å². The lowest BCUT2D eigenvalue weighted by Crippen LogP contribution is -2.10. The number of hydrogen-bond donors (Lipinski definition) is 1. The fourth-order valence-electron chi connectivity index (χ4n) is 2.39. The largest absolute Gasteiger partial charge is 0.492 e. The third-order valence-corrected chi connectivity index (χ3v) is 3.47. The number of nitrogen functional groups attached to an aromatic ring is 1. The average molecular weight is 293 g/mol. The minimum atomic E-state index is -0.350. The minimum Gasteiger partial charge on any atom is -0.492 e. The summed E-state index contributed by atoms with van der Waals surface area (Å²) in [5, 5.41) is 0. The predicted molar refractivity (Wildman–Crippen MR) is 80.5 cm³/mol. The molecular formula is C16H23NO4. The molecule has 5 nitrogen and oxygen atoms in total. The van der Waals surface area contributed by atoms with E-state index in [0.29, 0.717) is 36.3 Å². The number of benzene rings is 1. The first-order chi connectivity index (χ1) is 10.2. The van der Waals surface area contributed by atoms with Crippen LogP contribution >= 0.6 is 0 Å². The monoisotopic (exact) mass is 293 g/mol. The molecule has 1 aromatic rings. The Bertz CT molecular complexity index is 469. The molecule has 0 aromatic heterocycles. The van der Waals surface area contributed by atoms with Gasteiger partial charge in [0.2, 0.25) is 0 Å². The van der Waals surface area contributed by atoms with Gasteiger partial charge in [-0.1, -0.05) is 0 Å². The van der Waals surface area contributed by atoms with Crippen LogP contribution in [0.4, 0.5) is 5.69 Å². The summed E-state index contributed by atoms with van der Waals surface area (Å²) in [6.07, 6.45) is 4.35. The molecule has 5 heteroatoms. The molecule has 0 amide bonds. The van der Waals surface area contributed by atoms with Crippen LogP contribution in [-0.4, -0.2) is 31.9 Å². The van der Waals surface area contributed by atoms with E-state index in [2.05, 4.69) is 0 Å². The highest BCUT2D eigenvalue weighted by atomic mass is 16.5. The highest BCUT2D eigenvalue weighted by molar-refractivity contribution is 5.91. The van der Waals surface area contributed by atoms with Crippen LogP contribution in [0.1, 0.15) is 43.0 Å². The van der Waals surface area contributed by atoms with Crippen LogP contribution in [0.2, 0.25) is 0 Å². The summed E-state index contributed by atoms with van der Waals surface area (Å²) in [6.45, 7) is 3.69.